The third-order valence-corrected chi connectivity index (χ3v) is 4.02. The fourth-order valence-electron chi connectivity index (χ4n) is 1.50. The second-order valence-corrected chi connectivity index (χ2v) is 5.66. The summed E-state index contributed by atoms with van der Waals surface area (Å²) in [5.74, 6) is -0.487. The fourth-order valence-corrected chi connectivity index (χ4v) is 2.67. The first-order chi connectivity index (χ1) is 10.1. The number of halogens is 1. The Kier molecular flexibility index (Phi) is 4.94. The van der Waals surface area contributed by atoms with Crippen molar-refractivity contribution in [3.05, 3.63) is 46.3 Å². The Bertz CT molecular complexity index is 768. The summed E-state index contributed by atoms with van der Waals surface area (Å²) in [6.45, 7) is 1.84. The highest BCUT2D eigenvalue weighted by molar-refractivity contribution is 8.03. The zero-order valence-corrected chi connectivity index (χ0v) is 12.6. The summed E-state index contributed by atoms with van der Waals surface area (Å²) >= 11 is 2.24. The van der Waals surface area contributed by atoms with Crippen LogP contribution in [0.4, 0.5) is 10.1 Å². The van der Waals surface area contributed by atoms with Gasteiger partial charge in [0.15, 0.2) is 0 Å². The zero-order chi connectivity index (χ0) is 15.2. The van der Waals surface area contributed by atoms with Crippen LogP contribution in [0.1, 0.15) is 10.7 Å². The first-order valence-corrected chi connectivity index (χ1v) is 7.48. The van der Waals surface area contributed by atoms with Crippen molar-refractivity contribution < 1.29 is 4.39 Å². The number of thioether (sulfide) groups is 1. The molecule has 4 nitrogen and oxygen atoms in total. The molecular formula is C14H9FN4S2. The van der Waals surface area contributed by atoms with Crippen molar-refractivity contribution in [2.75, 3.05) is 5.32 Å². The second kappa shape index (κ2) is 6.89. The summed E-state index contributed by atoms with van der Waals surface area (Å²) in [5, 5.41) is 24.7. The first-order valence-electron chi connectivity index (χ1n) is 5.79. The molecule has 104 valence electrons. The minimum atomic E-state index is -0.487. The van der Waals surface area contributed by atoms with E-state index in [4.69, 9.17) is 10.5 Å². The normalized spacial score (nSPS) is 10.8. The Hall–Kier alpha value is -2.35. The Morgan fingerprint density at radius 1 is 1.48 bits per heavy atom. The maximum atomic E-state index is 13.8. The number of hydrogen-bond acceptors (Lipinski definition) is 6. The number of thiazole rings is 1. The zero-order valence-electron chi connectivity index (χ0n) is 10.9. The molecule has 0 bridgehead atoms. The van der Waals surface area contributed by atoms with E-state index in [1.54, 1.807) is 6.07 Å². The van der Waals surface area contributed by atoms with Gasteiger partial charge in [-0.25, -0.2) is 9.37 Å². The van der Waals surface area contributed by atoms with Crippen molar-refractivity contribution in [2.45, 2.75) is 11.8 Å². The molecule has 1 aromatic heterocycles. The molecule has 1 N–H and O–H groups in total. The molecule has 0 fully saturated rings. The van der Waals surface area contributed by atoms with Crippen molar-refractivity contribution in [1.29, 1.82) is 10.5 Å². The number of anilines is 1. The van der Waals surface area contributed by atoms with Crippen molar-refractivity contribution in [3.63, 3.8) is 0 Å². The minimum Gasteiger partial charge on any atom is -0.358 e. The molecule has 0 atom stereocenters. The second-order valence-electron chi connectivity index (χ2n) is 3.94. The van der Waals surface area contributed by atoms with Gasteiger partial charge in [-0.05, 0) is 36.9 Å². The lowest BCUT2D eigenvalue weighted by Crippen LogP contribution is -1.94. The number of rotatable bonds is 4. The number of nitriles is 2. The van der Waals surface area contributed by atoms with Gasteiger partial charge in [0.1, 0.15) is 27.9 Å². The molecular weight excluding hydrogens is 307 g/mol. The average molecular weight is 316 g/mol. The molecule has 0 amide bonds. The van der Waals surface area contributed by atoms with E-state index < -0.39 is 5.82 Å². The molecule has 7 heteroatoms. The number of allylic oxidation sites excluding steroid dienone is 1. The monoisotopic (exact) mass is 316 g/mol. The van der Waals surface area contributed by atoms with E-state index in [-0.39, 0.29) is 5.69 Å². The van der Waals surface area contributed by atoms with E-state index in [0.29, 0.717) is 15.5 Å². The van der Waals surface area contributed by atoms with Gasteiger partial charge in [-0.3, -0.25) is 0 Å². The molecule has 0 saturated carbocycles. The van der Waals surface area contributed by atoms with Crippen LogP contribution in [-0.2, 0) is 0 Å². The highest BCUT2D eigenvalue weighted by atomic mass is 32.2. The molecule has 1 heterocycles. The van der Waals surface area contributed by atoms with Crippen LogP contribution in [0.3, 0.4) is 0 Å². The van der Waals surface area contributed by atoms with Crippen LogP contribution in [0.2, 0.25) is 0 Å². The largest absolute Gasteiger partial charge is 0.358 e. The predicted octanol–water partition coefficient (Wildman–Crippen LogP) is 4.14. The minimum absolute atomic E-state index is 0.235. The van der Waals surface area contributed by atoms with Gasteiger partial charge in [0.2, 0.25) is 0 Å². The van der Waals surface area contributed by atoms with Gasteiger partial charge in [-0.15, -0.1) is 11.3 Å². The van der Waals surface area contributed by atoms with Gasteiger partial charge in [-0.2, -0.15) is 10.5 Å². The number of thiocyanates is 1. The summed E-state index contributed by atoms with van der Waals surface area (Å²) < 4.78 is 13.8. The third kappa shape index (κ3) is 3.82. The van der Waals surface area contributed by atoms with E-state index in [9.17, 15) is 4.39 Å². The van der Waals surface area contributed by atoms with Gasteiger partial charge in [-0.1, -0.05) is 0 Å². The topological polar surface area (TPSA) is 72.5 Å². The molecule has 0 radical (unpaired) electrons. The predicted molar refractivity (Wildman–Crippen MR) is 81.9 cm³/mol. The van der Waals surface area contributed by atoms with Crippen LogP contribution >= 0.6 is 23.1 Å². The highest BCUT2D eigenvalue weighted by Crippen LogP contribution is 2.24. The van der Waals surface area contributed by atoms with Gasteiger partial charge in [0.25, 0.3) is 0 Å². The van der Waals surface area contributed by atoms with Crippen LogP contribution in [0.25, 0.3) is 5.57 Å². The molecule has 21 heavy (non-hydrogen) atoms. The molecule has 0 aliphatic rings. The van der Waals surface area contributed by atoms with Crippen LogP contribution in [0.15, 0.2) is 34.7 Å². The van der Waals surface area contributed by atoms with E-state index >= 15 is 0 Å². The standard InChI is InChI=1S/C14H9FN4S2/c1-9-7-20-14(19-9)10(5-16)6-18-13-3-2-11(21-8-17)4-12(13)15/h2-4,6-7,18H,1H3/b10-6+. The van der Waals surface area contributed by atoms with E-state index in [1.807, 2.05) is 23.8 Å². The summed E-state index contributed by atoms with van der Waals surface area (Å²) in [6, 6.07) is 6.45. The van der Waals surface area contributed by atoms with Gasteiger partial charge < -0.3 is 5.32 Å². The lowest BCUT2D eigenvalue weighted by Gasteiger charge is -2.04. The van der Waals surface area contributed by atoms with Crippen LogP contribution in [-0.4, -0.2) is 4.98 Å². The Balaban J connectivity index is 2.20. The van der Waals surface area contributed by atoms with Gasteiger partial charge in [0, 0.05) is 22.2 Å². The first kappa shape index (κ1) is 15.0. The smallest absolute Gasteiger partial charge is 0.147 e. The maximum absolute atomic E-state index is 13.8. The van der Waals surface area contributed by atoms with E-state index in [0.717, 1.165) is 17.5 Å². The summed E-state index contributed by atoms with van der Waals surface area (Å²) in [7, 11) is 0. The van der Waals surface area contributed by atoms with E-state index in [2.05, 4.69) is 10.3 Å². The van der Waals surface area contributed by atoms with E-state index in [1.165, 1.54) is 29.7 Å². The quantitative estimate of drug-likeness (QED) is 0.521. The van der Waals surface area contributed by atoms with Crippen molar-refractivity contribution >= 4 is 34.4 Å². The molecule has 0 aliphatic carbocycles. The number of hydrogen-bond donors (Lipinski definition) is 1. The lowest BCUT2D eigenvalue weighted by atomic mass is 10.3. The SMILES string of the molecule is Cc1csc(/C(C#N)=C/Nc2ccc(SC#N)cc2F)n1. The Labute approximate surface area is 129 Å². The number of nitrogens with one attached hydrogen (secondary N) is 1. The molecule has 0 saturated heterocycles. The Morgan fingerprint density at radius 2 is 2.29 bits per heavy atom. The molecule has 0 spiro atoms. The van der Waals surface area contributed by atoms with Crippen LogP contribution in [0.5, 0.6) is 0 Å². The van der Waals surface area contributed by atoms with Gasteiger partial charge >= 0.3 is 0 Å². The van der Waals surface area contributed by atoms with Crippen molar-refractivity contribution in [2.24, 2.45) is 0 Å². The fraction of sp³-hybridized carbons (Fsp3) is 0.0714. The highest BCUT2D eigenvalue weighted by Gasteiger charge is 2.07. The summed E-state index contributed by atoms with van der Waals surface area (Å²) in [5.41, 5.74) is 1.40. The number of nitrogens with zero attached hydrogens (tertiary/aromatic N) is 3. The lowest BCUT2D eigenvalue weighted by molar-refractivity contribution is 0.628. The third-order valence-electron chi connectivity index (χ3n) is 2.45. The average Bonchev–Trinajstić information content (AvgIpc) is 2.88. The van der Waals surface area contributed by atoms with Gasteiger partial charge in [0.05, 0.1) is 5.69 Å². The van der Waals surface area contributed by atoms with Crippen LogP contribution in [0, 0.1) is 34.7 Å². The number of aromatic nitrogens is 1. The molecule has 1 aromatic carbocycles. The summed E-state index contributed by atoms with van der Waals surface area (Å²) in [4.78, 5) is 4.74. The number of benzene rings is 1. The van der Waals surface area contributed by atoms with Crippen LogP contribution < -0.4 is 5.32 Å². The number of aryl methyl sites for hydroxylation is 1. The Morgan fingerprint density at radius 3 is 2.86 bits per heavy atom. The summed E-state index contributed by atoms with van der Waals surface area (Å²) in [6.07, 6.45) is 1.42. The van der Waals surface area contributed by atoms with Crippen molar-refractivity contribution in [1.82, 2.24) is 4.98 Å². The molecule has 2 rings (SSSR count). The maximum Gasteiger partial charge on any atom is 0.147 e. The van der Waals surface area contributed by atoms with Crippen molar-refractivity contribution in [3.8, 4) is 11.5 Å². The molecule has 0 aliphatic heterocycles. The molecule has 0 unspecified atom stereocenters. The molecule has 2 aromatic rings.